The second kappa shape index (κ2) is 10.3. The van der Waals surface area contributed by atoms with Crippen molar-refractivity contribution in [1.82, 2.24) is 24.6 Å². The molecule has 8 nitrogen and oxygen atoms in total. The van der Waals surface area contributed by atoms with Crippen LogP contribution in [0.5, 0.6) is 0 Å². The van der Waals surface area contributed by atoms with Gasteiger partial charge >= 0.3 is 6.18 Å². The van der Waals surface area contributed by atoms with E-state index in [0.717, 1.165) is 47.2 Å². The van der Waals surface area contributed by atoms with Gasteiger partial charge in [0.25, 0.3) is 0 Å². The van der Waals surface area contributed by atoms with Gasteiger partial charge in [-0.2, -0.15) is 17.5 Å². The summed E-state index contributed by atoms with van der Waals surface area (Å²) in [6.07, 6.45) is -2.49. The van der Waals surface area contributed by atoms with Crippen LogP contribution < -0.4 is 5.32 Å². The molecule has 0 saturated carbocycles. The highest BCUT2D eigenvalue weighted by Gasteiger charge is 2.49. The van der Waals surface area contributed by atoms with Crippen molar-refractivity contribution < 1.29 is 35.2 Å². The van der Waals surface area contributed by atoms with Crippen LogP contribution in [-0.4, -0.2) is 52.8 Å². The quantitative estimate of drug-likeness (QED) is 0.446. The summed E-state index contributed by atoms with van der Waals surface area (Å²) < 4.78 is 92.8. The Morgan fingerprint density at radius 2 is 1.84 bits per heavy atom. The van der Waals surface area contributed by atoms with Crippen LogP contribution in [-0.2, 0) is 27.5 Å². The maximum atomic E-state index is 13.8. The van der Waals surface area contributed by atoms with E-state index >= 15 is 0 Å². The Hall–Kier alpha value is -3.52. The molecule has 0 unspecified atom stereocenters. The summed E-state index contributed by atoms with van der Waals surface area (Å²) in [5.74, 6) is -1.33. The number of hydrogen-bond donors (Lipinski definition) is 1. The second-order valence-corrected chi connectivity index (χ2v) is 11.1. The predicted molar refractivity (Wildman–Crippen MR) is 125 cm³/mol. The fourth-order valence-corrected chi connectivity index (χ4v) is 5.83. The van der Waals surface area contributed by atoms with Crippen LogP contribution in [0, 0.1) is 11.2 Å². The van der Waals surface area contributed by atoms with E-state index in [2.05, 4.69) is 20.3 Å². The minimum absolute atomic E-state index is 0.0813. The lowest BCUT2D eigenvalue weighted by molar-refractivity contribution is -0.141. The number of pyridine rings is 1. The molecule has 0 spiro atoms. The molecule has 4 rings (SSSR count). The van der Waals surface area contributed by atoms with Gasteiger partial charge in [-0.1, -0.05) is 6.92 Å². The first-order valence-corrected chi connectivity index (χ1v) is 12.7. The highest BCUT2D eigenvalue weighted by Crippen LogP contribution is 2.38. The zero-order chi connectivity index (χ0) is 27.7. The lowest BCUT2D eigenvalue weighted by Crippen LogP contribution is -2.45. The smallest absolute Gasteiger partial charge is 0.349 e. The number of benzene rings is 1. The summed E-state index contributed by atoms with van der Waals surface area (Å²) in [6.45, 7) is 0.264. The molecule has 202 valence electrons. The molecule has 3 aromatic rings. The Labute approximate surface area is 215 Å². The lowest BCUT2D eigenvalue weighted by atomic mass is 9.89. The topological polar surface area (TPSA) is 105 Å². The lowest BCUT2D eigenvalue weighted by Gasteiger charge is -2.23. The number of aromatic nitrogens is 3. The molecule has 38 heavy (non-hydrogen) atoms. The molecule has 1 amide bonds. The zero-order valence-electron chi connectivity index (χ0n) is 19.9. The Bertz CT molecular complexity index is 1420. The molecule has 1 aromatic carbocycles. The van der Waals surface area contributed by atoms with E-state index in [1.54, 1.807) is 0 Å². The van der Waals surface area contributed by atoms with E-state index < -0.39 is 51.7 Å². The van der Waals surface area contributed by atoms with Gasteiger partial charge in [-0.15, -0.1) is 0 Å². The Kier molecular flexibility index (Phi) is 7.48. The number of hydrogen-bond acceptors (Lipinski definition) is 6. The number of sulfonamides is 1. The van der Waals surface area contributed by atoms with Gasteiger partial charge in [-0.25, -0.2) is 22.8 Å². The van der Waals surface area contributed by atoms with Crippen LogP contribution in [0.1, 0.15) is 24.7 Å². The van der Waals surface area contributed by atoms with Gasteiger partial charge in [-0.3, -0.25) is 14.2 Å². The number of rotatable bonds is 7. The molecule has 1 aliphatic heterocycles. The number of halogens is 5. The predicted octanol–water partition coefficient (Wildman–Crippen LogP) is 3.75. The van der Waals surface area contributed by atoms with Crippen molar-refractivity contribution in [1.29, 1.82) is 0 Å². The van der Waals surface area contributed by atoms with E-state index in [4.69, 9.17) is 0 Å². The molecule has 1 N–H and O–H groups in total. The summed E-state index contributed by atoms with van der Waals surface area (Å²) in [5.41, 5.74) is -1.31. The minimum atomic E-state index is -4.59. The summed E-state index contributed by atoms with van der Waals surface area (Å²) >= 11 is 0. The Balaban J connectivity index is 1.51. The third kappa shape index (κ3) is 5.80. The molecule has 0 radical (unpaired) electrons. The van der Waals surface area contributed by atoms with Gasteiger partial charge in [-0.05, 0) is 48.9 Å². The molecular formula is C24H22F5N5O3S. The highest BCUT2D eigenvalue weighted by molar-refractivity contribution is 7.89. The average Bonchev–Trinajstić information content (AvgIpc) is 3.26. The molecule has 14 heteroatoms. The second-order valence-electron chi connectivity index (χ2n) is 9.21. The highest BCUT2D eigenvalue weighted by atomic mass is 32.2. The van der Waals surface area contributed by atoms with Crippen molar-refractivity contribution in [3.8, 4) is 11.3 Å². The molecular weight excluding hydrogens is 533 g/mol. The maximum Gasteiger partial charge on any atom is 0.433 e. The van der Waals surface area contributed by atoms with Gasteiger partial charge < -0.3 is 5.32 Å². The largest absolute Gasteiger partial charge is 0.433 e. The molecule has 2 aromatic heterocycles. The first kappa shape index (κ1) is 27.5. The van der Waals surface area contributed by atoms with E-state index in [-0.39, 0.29) is 30.1 Å². The normalized spacial score (nSPS) is 20.4. The van der Waals surface area contributed by atoms with Crippen LogP contribution in [0.3, 0.4) is 0 Å². The molecule has 3 heterocycles. The van der Waals surface area contributed by atoms with Gasteiger partial charge in [0.15, 0.2) is 0 Å². The molecule has 0 bridgehead atoms. The number of nitrogens with one attached hydrogen (secondary N) is 1. The van der Waals surface area contributed by atoms with Crippen LogP contribution in [0.2, 0.25) is 0 Å². The van der Waals surface area contributed by atoms with Gasteiger partial charge in [0.05, 0.1) is 29.5 Å². The van der Waals surface area contributed by atoms with E-state index in [1.807, 2.05) is 0 Å². The SMILES string of the molecule is C[C@@]1(CF)C[C@@H](C(=O)NCc2cc(-c3ccc(C(F)(F)F)nc3)ncn2)N(S(=O)(=O)c2ccc(F)cc2)C1. The molecule has 0 aliphatic carbocycles. The van der Waals surface area contributed by atoms with E-state index in [9.17, 15) is 35.2 Å². The number of alkyl halides is 4. The fraction of sp³-hybridized carbons (Fsp3) is 0.333. The number of amides is 1. The van der Waals surface area contributed by atoms with Crippen LogP contribution in [0.15, 0.2) is 59.9 Å². The first-order valence-electron chi connectivity index (χ1n) is 11.3. The van der Waals surface area contributed by atoms with Crippen molar-refractivity contribution in [2.24, 2.45) is 5.41 Å². The van der Waals surface area contributed by atoms with Gasteiger partial charge in [0.2, 0.25) is 15.9 Å². The Morgan fingerprint density at radius 1 is 1.13 bits per heavy atom. The number of carbonyl (C=O) groups excluding carboxylic acids is 1. The number of nitrogens with zero attached hydrogens (tertiary/aromatic N) is 4. The van der Waals surface area contributed by atoms with Crippen molar-refractivity contribution in [2.75, 3.05) is 13.2 Å². The van der Waals surface area contributed by atoms with Crippen LogP contribution in [0.4, 0.5) is 22.0 Å². The standard InChI is InChI=1S/C24H22F5N5O3S/c1-23(12-25)9-20(34(13-23)38(36,37)18-5-3-16(26)4-6-18)22(35)31-11-17-8-19(33-14-32-17)15-2-7-21(30-10-15)24(27,28)29/h2-8,10,14,20H,9,11-13H2,1H3,(H,31,35)/t20-,23-/m0/s1. The third-order valence-corrected chi connectivity index (χ3v) is 8.00. The van der Waals surface area contributed by atoms with Crippen LogP contribution >= 0.6 is 0 Å². The fourth-order valence-electron chi connectivity index (χ4n) is 4.09. The first-order chi connectivity index (χ1) is 17.8. The van der Waals surface area contributed by atoms with E-state index in [0.29, 0.717) is 11.3 Å². The maximum absolute atomic E-state index is 13.8. The molecule has 1 saturated heterocycles. The number of carbonyl (C=O) groups is 1. The average molecular weight is 556 g/mol. The molecule has 1 aliphatic rings. The van der Waals surface area contributed by atoms with Gasteiger partial charge in [0.1, 0.15) is 23.9 Å². The van der Waals surface area contributed by atoms with E-state index in [1.165, 1.54) is 19.1 Å². The van der Waals surface area contributed by atoms with Crippen LogP contribution in [0.25, 0.3) is 11.3 Å². The summed E-state index contributed by atoms with van der Waals surface area (Å²) in [4.78, 5) is 24.3. The van der Waals surface area contributed by atoms with Crippen molar-refractivity contribution >= 4 is 15.9 Å². The van der Waals surface area contributed by atoms with Crippen molar-refractivity contribution in [3.05, 3.63) is 72.2 Å². The molecule has 2 atom stereocenters. The summed E-state index contributed by atoms with van der Waals surface area (Å²) in [6, 6.07) is 6.33. The Morgan fingerprint density at radius 3 is 2.45 bits per heavy atom. The van der Waals surface area contributed by atoms with Crippen molar-refractivity contribution in [2.45, 2.75) is 37.0 Å². The summed E-state index contributed by atoms with van der Waals surface area (Å²) in [7, 11) is -4.24. The van der Waals surface area contributed by atoms with Crippen molar-refractivity contribution in [3.63, 3.8) is 0 Å². The monoisotopic (exact) mass is 555 g/mol. The minimum Gasteiger partial charge on any atom is -0.349 e. The van der Waals surface area contributed by atoms with Gasteiger partial charge in [0, 0.05) is 23.7 Å². The third-order valence-electron chi connectivity index (χ3n) is 6.13. The zero-order valence-corrected chi connectivity index (χ0v) is 20.7. The molecule has 1 fully saturated rings. The summed E-state index contributed by atoms with van der Waals surface area (Å²) in [5, 5.41) is 2.59.